The zero-order valence-electron chi connectivity index (χ0n) is 10.6. The molecule has 0 saturated heterocycles. The summed E-state index contributed by atoms with van der Waals surface area (Å²) in [4.78, 5) is 15.4. The van der Waals surface area contributed by atoms with Crippen molar-refractivity contribution in [1.82, 2.24) is 4.98 Å². The van der Waals surface area contributed by atoms with E-state index in [0.29, 0.717) is 10.8 Å². The van der Waals surface area contributed by atoms with E-state index in [1.165, 1.54) is 13.3 Å². The Balaban J connectivity index is 2.33. The summed E-state index contributed by atoms with van der Waals surface area (Å²) < 4.78 is 10.1. The third-order valence-electron chi connectivity index (χ3n) is 2.44. The molecule has 0 spiro atoms. The van der Waals surface area contributed by atoms with Gasteiger partial charge in [-0.1, -0.05) is 17.7 Å². The number of halogens is 1. The molecule has 102 valence electrons. The van der Waals surface area contributed by atoms with E-state index in [1.807, 2.05) is 0 Å². The number of esters is 1. The highest BCUT2D eigenvalue weighted by Crippen LogP contribution is 2.25. The van der Waals surface area contributed by atoms with Crippen molar-refractivity contribution in [3.8, 4) is 11.6 Å². The fourth-order valence-corrected chi connectivity index (χ4v) is 1.70. The number of pyridine rings is 1. The van der Waals surface area contributed by atoms with E-state index in [4.69, 9.17) is 21.7 Å². The Hall–Kier alpha value is -2.40. The average molecular weight is 291 g/mol. The van der Waals surface area contributed by atoms with E-state index in [0.717, 1.165) is 0 Å². The summed E-state index contributed by atoms with van der Waals surface area (Å²) in [6.07, 6.45) is 1.51. The van der Waals surface area contributed by atoms with Gasteiger partial charge in [0.15, 0.2) is 5.71 Å². The molecular formula is C14H11ClN2O3. The first-order chi connectivity index (χ1) is 9.61. The molecule has 1 aromatic heterocycles. The van der Waals surface area contributed by atoms with E-state index in [1.54, 1.807) is 36.4 Å². The van der Waals surface area contributed by atoms with Crippen LogP contribution < -0.4 is 4.74 Å². The summed E-state index contributed by atoms with van der Waals surface area (Å²) in [7, 11) is 1.21. The Morgan fingerprint density at radius 2 is 2.10 bits per heavy atom. The smallest absolute Gasteiger partial charge is 0.356 e. The molecule has 1 aromatic carbocycles. The Morgan fingerprint density at radius 3 is 2.80 bits per heavy atom. The van der Waals surface area contributed by atoms with Gasteiger partial charge in [-0.15, -0.1) is 0 Å². The normalized spacial score (nSPS) is 9.90. The van der Waals surface area contributed by atoms with E-state index in [-0.39, 0.29) is 17.2 Å². The number of carbonyl (C=O) groups excluding carboxylic acids is 1. The van der Waals surface area contributed by atoms with E-state index < -0.39 is 5.97 Å². The van der Waals surface area contributed by atoms with Crippen molar-refractivity contribution in [3.05, 3.63) is 53.2 Å². The van der Waals surface area contributed by atoms with Crippen LogP contribution >= 0.6 is 11.6 Å². The Labute approximate surface area is 120 Å². The highest BCUT2D eigenvalue weighted by atomic mass is 35.5. The van der Waals surface area contributed by atoms with Crippen LogP contribution in [-0.2, 0) is 9.53 Å². The summed E-state index contributed by atoms with van der Waals surface area (Å²) in [5.74, 6) is -0.144. The Bertz CT molecular complexity index is 658. The number of nitrogens with one attached hydrogen (secondary N) is 1. The Morgan fingerprint density at radius 1 is 1.30 bits per heavy atom. The summed E-state index contributed by atoms with van der Waals surface area (Å²) in [6, 6.07) is 9.92. The van der Waals surface area contributed by atoms with Crippen LogP contribution in [0.25, 0.3) is 0 Å². The third kappa shape index (κ3) is 3.13. The zero-order valence-corrected chi connectivity index (χ0v) is 11.3. The summed E-state index contributed by atoms with van der Waals surface area (Å²) in [5, 5.41) is 8.28. The highest BCUT2D eigenvalue weighted by Gasteiger charge is 2.18. The fraction of sp³-hybridized carbons (Fsp3) is 0.0714. The molecule has 20 heavy (non-hydrogen) atoms. The second-order valence-electron chi connectivity index (χ2n) is 3.78. The minimum Gasteiger partial charge on any atom is -0.464 e. The van der Waals surface area contributed by atoms with Crippen molar-refractivity contribution < 1.29 is 14.3 Å². The van der Waals surface area contributed by atoms with Crippen molar-refractivity contribution in [2.45, 2.75) is 0 Å². The highest BCUT2D eigenvalue weighted by molar-refractivity contribution is 6.42. The molecule has 0 aliphatic rings. The first-order valence-corrected chi connectivity index (χ1v) is 6.05. The molecule has 2 aromatic rings. The van der Waals surface area contributed by atoms with Gasteiger partial charge in [0.05, 0.1) is 12.7 Å². The monoisotopic (exact) mass is 290 g/mol. The lowest BCUT2D eigenvalue weighted by Gasteiger charge is -2.09. The molecule has 1 heterocycles. The predicted octanol–water partition coefficient (Wildman–Crippen LogP) is 3.07. The second kappa shape index (κ2) is 6.16. The first kappa shape index (κ1) is 14.0. The molecule has 6 heteroatoms. The molecule has 0 amide bonds. The summed E-state index contributed by atoms with van der Waals surface area (Å²) in [6.45, 7) is 0. The van der Waals surface area contributed by atoms with Gasteiger partial charge in [-0.25, -0.2) is 9.78 Å². The number of hydrogen-bond donors (Lipinski definition) is 1. The van der Waals surface area contributed by atoms with Crippen LogP contribution in [0.5, 0.6) is 11.6 Å². The van der Waals surface area contributed by atoms with Gasteiger partial charge in [0, 0.05) is 11.2 Å². The maximum atomic E-state index is 11.4. The minimum atomic E-state index is -0.756. The number of benzene rings is 1. The van der Waals surface area contributed by atoms with Gasteiger partial charge in [-0.2, -0.15) is 0 Å². The van der Waals surface area contributed by atoms with Crippen molar-refractivity contribution in [2.24, 2.45) is 0 Å². The standard InChI is InChI=1S/C14H11ClN2O3/c1-19-14(18)12(16)11-6-3-7-17-13(11)20-10-5-2-4-9(15)8-10/h2-8,16H,1H3. The van der Waals surface area contributed by atoms with Crippen LogP contribution in [0, 0.1) is 5.41 Å². The molecule has 0 unspecified atom stereocenters. The van der Waals surface area contributed by atoms with Crippen molar-refractivity contribution in [3.63, 3.8) is 0 Å². The maximum Gasteiger partial charge on any atom is 0.356 e. The molecule has 0 aliphatic heterocycles. The third-order valence-corrected chi connectivity index (χ3v) is 2.68. The molecule has 0 saturated carbocycles. The van der Waals surface area contributed by atoms with Crippen LogP contribution in [0.3, 0.4) is 0 Å². The fourth-order valence-electron chi connectivity index (χ4n) is 1.52. The van der Waals surface area contributed by atoms with Crippen LogP contribution in [0.4, 0.5) is 0 Å². The molecule has 0 atom stereocenters. The van der Waals surface area contributed by atoms with Gasteiger partial charge in [0.25, 0.3) is 0 Å². The SMILES string of the molecule is COC(=O)C(=N)c1cccnc1Oc1cccc(Cl)c1. The van der Waals surface area contributed by atoms with Crippen LogP contribution in [0.1, 0.15) is 5.56 Å². The first-order valence-electron chi connectivity index (χ1n) is 5.67. The summed E-state index contributed by atoms with van der Waals surface area (Å²) in [5.41, 5.74) is -0.0723. The van der Waals surface area contributed by atoms with Gasteiger partial charge in [0.1, 0.15) is 5.75 Å². The largest absolute Gasteiger partial charge is 0.464 e. The van der Waals surface area contributed by atoms with Gasteiger partial charge < -0.3 is 9.47 Å². The minimum absolute atomic E-state index is 0.144. The topological polar surface area (TPSA) is 72.3 Å². The number of rotatable bonds is 4. The lowest BCUT2D eigenvalue weighted by molar-refractivity contribution is -0.132. The van der Waals surface area contributed by atoms with Crippen molar-refractivity contribution >= 4 is 23.3 Å². The van der Waals surface area contributed by atoms with Gasteiger partial charge >= 0.3 is 5.97 Å². The number of aromatic nitrogens is 1. The van der Waals surface area contributed by atoms with E-state index in [2.05, 4.69) is 9.72 Å². The quantitative estimate of drug-likeness (QED) is 0.694. The molecule has 0 radical (unpaired) electrons. The second-order valence-corrected chi connectivity index (χ2v) is 4.22. The van der Waals surface area contributed by atoms with Gasteiger partial charge in [-0.05, 0) is 30.3 Å². The molecule has 1 N–H and O–H groups in total. The van der Waals surface area contributed by atoms with E-state index >= 15 is 0 Å². The van der Waals surface area contributed by atoms with Crippen LogP contribution in [0.15, 0.2) is 42.6 Å². The molecular weight excluding hydrogens is 280 g/mol. The summed E-state index contributed by atoms with van der Waals surface area (Å²) >= 11 is 5.87. The number of ether oxygens (including phenoxy) is 2. The number of nitrogens with zero attached hydrogens (tertiary/aromatic N) is 1. The maximum absolute atomic E-state index is 11.4. The predicted molar refractivity (Wildman–Crippen MR) is 74.6 cm³/mol. The molecule has 0 aliphatic carbocycles. The van der Waals surface area contributed by atoms with Crippen molar-refractivity contribution in [1.29, 1.82) is 5.41 Å². The Kier molecular flexibility index (Phi) is 4.32. The van der Waals surface area contributed by atoms with Crippen LogP contribution in [0.2, 0.25) is 5.02 Å². The molecule has 0 bridgehead atoms. The number of carbonyl (C=O) groups is 1. The van der Waals surface area contributed by atoms with Gasteiger partial charge in [0.2, 0.25) is 5.88 Å². The van der Waals surface area contributed by atoms with Gasteiger partial charge in [-0.3, -0.25) is 5.41 Å². The zero-order chi connectivity index (χ0) is 14.5. The number of methoxy groups -OCH3 is 1. The average Bonchev–Trinajstić information content (AvgIpc) is 2.46. The number of hydrogen-bond acceptors (Lipinski definition) is 5. The van der Waals surface area contributed by atoms with Crippen LogP contribution in [-0.4, -0.2) is 23.8 Å². The molecule has 5 nitrogen and oxygen atoms in total. The molecule has 2 rings (SSSR count). The van der Waals surface area contributed by atoms with E-state index in [9.17, 15) is 4.79 Å². The van der Waals surface area contributed by atoms with Crippen molar-refractivity contribution in [2.75, 3.05) is 7.11 Å². The lowest BCUT2D eigenvalue weighted by atomic mass is 10.1. The molecule has 0 fully saturated rings. The lowest BCUT2D eigenvalue weighted by Crippen LogP contribution is -2.16.